The summed E-state index contributed by atoms with van der Waals surface area (Å²) in [5, 5.41) is 2.93. The van der Waals surface area contributed by atoms with Gasteiger partial charge in [0.25, 0.3) is 0 Å². The average molecular weight is 480 g/mol. The van der Waals surface area contributed by atoms with E-state index in [0.29, 0.717) is 17.0 Å². The molecule has 10 heteroatoms. The monoisotopic (exact) mass is 480 g/mol. The summed E-state index contributed by atoms with van der Waals surface area (Å²) in [6.07, 6.45) is 4.34. The highest BCUT2D eigenvalue weighted by atomic mass is 32.2. The maximum atomic E-state index is 13.9. The number of carbonyl (C=O) groups excluding carboxylic acids is 1. The van der Waals surface area contributed by atoms with Crippen molar-refractivity contribution in [3.8, 4) is 17.0 Å². The number of pyridine rings is 1. The fourth-order valence-corrected chi connectivity index (χ4v) is 3.61. The van der Waals surface area contributed by atoms with Crippen molar-refractivity contribution in [3.63, 3.8) is 0 Å². The number of carbonyl (C=O) groups is 1. The zero-order valence-corrected chi connectivity index (χ0v) is 18.9. The largest absolute Gasteiger partial charge is 0.609 e. The van der Waals surface area contributed by atoms with E-state index in [-0.39, 0.29) is 33.6 Å². The Hall–Kier alpha value is -3.89. The van der Waals surface area contributed by atoms with Gasteiger partial charge in [-0.1, -0.05) is 0 Å². The molecule has 2 aromatic carbocycles. The number of methoxy groups -OCH3 is 1. The number of hydrogen-bond donors (Lipinski definition) is 1. The van der Waals surface area contributed by atoms with Crippen LogP contribution in [0.25, 0.3) is 11.3 Å². The topological polar surface area (TPSA) is 100 Å². The lowest BCUT2D eigenvalue weighted by Crippen LogP contribution is -2.07. The number of rotatable bonds is 7. The number of nitrogens with one attached hydrogen (secondary N) is 1. The fraction of sp³-hybridized carbons (Fsp3) is 0.0833. The second-order valence-corrected chi connectivity index (χ2v) is 8.38. The van der Waals surface area contributed by atoms with Gasteiger partial charge in [0.1, 0.15) is 29.5 Å². The number of nitrogens with zero attached hydrogens (tertiary/aromatic N) is 3. The normalized spacial score (nSPS) is 11.7. The van der Waals surface area contributed by atoms with Crippen LogP contribution < -0.4 is 10.1 Å². The van der Waals surface area contributed by atoms with E-state index in [1.807, 2.05) is 0 Å². The van der Waals surface area contributed by atoms with Gasteiger partial charge in [0.15, 0.2) is 5.78 Å². The number of hydrogen-bond acceptors (Lipinski definition) is 7. The highest BCUT2D eigenvalue weighted by molar-refractivity contribution is 7.90. The van der Waals surface area contributed by atoms with Gasteiger partial charge in [-0.15, -0.1) is 0 Å². The molecule has 0 aliphatic heterocycles. The van der Waals surface area contributed by atoms with Crippen molar-refractivity contribution < 1.29 is 22.9 Å². The van der Waals surface area contributed by atoms with E-state index in [1.165, 1.54) is 44.0 Å². The van der Waals surface area contributed by atoms with Gasteiger partial charge in [-0.3, -0.25) is 4.79 Å². The summed E-state index contributed by atoms with van der Waals surface area (Å²) in [7, 11) is 1.46. The second kappa shape index (κ2) is 9.94. The molecule has 1 N–H and O–H groups in total. The smallest absolute Gasteiger partial charge is 0.342 e. The van der Waals surface area contributed by atoms with Crippen molar-refractivity contribution in [2.24, 2.45) is 0 Å². The van der Waals surface area contributed by atoms with Crippen LogP contribution in [0.15, 0.2) is 72.1 Å². The predicted molar refractivity (Wildman–Crippen MR) is 124 cm³/mol. The number of halogens is 2. The Morgan fingerprint density at radius 1 is 1.06 bits per heavy atom. The van der Waals surface area contributed by atoms with Crippen LogP contribution in [0.2, 0.25) is 0 Å². The summed E-state index contributed by atoms with van der Waals surface area (Å²) in [6, 6.07) is 12.9. The molecule has 0 radical (unpaired) electrons. The molecule has 4 rings (SSSR count). The predicted octanol–water partition coefficient (Wildman–Crippen LogP) is 4.54. The molecule has 0 spiro atoms. The van der Waals surface area contributed by atoms with Crippen molar-refractivity contribution in [1.29, 1.82) is 0 Å². The van der Waals surface area contributed by atoms with Gasteiger partial charge in [0.05, 0.1) is 24.1 Å². The van der Waals surface area contributed by atoms with E-state index in [0.717, 1.165) is 12.1 Å². The van der Waals surface area contributed by atoms with Crippen LogP contribution in [-0.2, 0) is 11.2 Å². The first-order valence-corrected chi connectivity index (χ1v) is 11.5. The number of aromatic nitrogens is 3. The quantitative estimate of drug-likeness (QED) is 0.236. The van der Waals surface area contributed by atoms with Crippen LogP contribution in [0.3, 0.4) is 0 Å². The molecule has 1 atom stereocenters. The number of benzene rings is 2. The third kappa shape index (κ3) is 5.03. The van der Waals surface area contributed by atoms with Crippen LogP contribution in [0, 0.1) is 11.6 Å². The lowest BCUT2D eigenvalue weighted by molar-refractivity contribution is 0.103. The minimum Gasteiger partial charge on any atom is -0.609 e. The van der Waals surface area contributed by atoms with E-state index in [2.05, 4.69) is 20.3 Å². The van der Waals surface area contributed by atoms with E-state index < -0.39 is 22.8 Å². The Bertz CT molecular complexity index is 1350. The van der Waals surface area contributed by atoms with Crippen molar-refractivity contribution in [1.82, 2.24) is 15.0 Å². The second-order valence-electron chi connectivity index (χ2n) is 7.10. The van der Waals surface area contributed by atoms with E-state index >= 15 is 0 Å². The molecule has 0 bridgehead atoms. The molecule has 4 aromatic rings. The molecular weight excluding hydrogens is 462 g/mol. The SMILES string of the molecule is COc1ccc(-c2ccnc([S+](C)[O-])n2)cc1C(=O)c1ccc(Nc2ccc(F)cc2F)nc1. The van der Waals surface area contributed by atoms with Crippen molar-refractivity contribution in [2.75, 3.05) is 18.7 Å². The van der Waals surface area contributed by atoms with Crippen LogP contribution in [-0.4, -0.2) is 38.7 Å². The molecule has 34 heavy (non-hydrogen) atoms. The molecular formula is C24H18F2N4O3S. The molecule has 0 saturated heterocycles. The third-order valence-corrected chi connectivity index (χ3v) is 5.56. The third-order valence-electron chi connectivity index (χ3n) is 4.85. The van der Waals surface area contributed by atoms with Crippen LogP contribution in [0.5, 0.6) is 5.75 Å². The number of anilines is 2. The molecule has 7 nitrogen and oxygen atoms in total. The van der Waals surface area contributed by atoms with Gasteiger partial charge in [-0.25, -0.2) is 13.8 Å². The first kappa shape index (κ1) is 23.3. The van der Waals surface area contributed by atoms with Crippen LogP contribution in [0.1, 0.15) is 15.9 Å². The van der Waals surface area contributed by atoms with Gasteiger partial charge < -0.3 is 14.6 Å². The van der Waals surface area contributed by atoms with Crippen molar-refractivity contribution in [3.05, 3.63) is 89.8 Å². The van der Waals surface area contributed by atoms with E-state index in [1.54, 1.807) is 24.3 Å². The molecule has 172 valence electrons. The lowest BCUT2D eigenvalue weighted by Gasteiger charge is -2.11. The maximum Gasteiger partial charge on any atom is 0.342 e. The summed E-state index contributed by atoms with van der Waals surface area (Å²) in [6.45, 7) is 0. The minimum absolute atomic E-state index is 0.0552. The van der Waals surface area contributed by atoms with Crippen LogP contribution in [0.4, 0.5) is 20.3 Å². The molecule has 0 amide bonds. The Kier molecular flexibility index (Phi) is 6.80. The molecule has 0 fully saturated rings. The molecule has 0 aliphatic rings. The van der Waals surface area contributed by atoms with Gasteiger partial charge in [-0.2, -0.15) is 9.97 Å². The molecule has 0 aliphatic carbocycles. The first-order chi connectivity index (χ1) is 16.4. The molecule has 2 heterocycles. The van der Waals surface area contributed by atoms with Crippen LogP contribution >= 0.6 is 0 Å². The maximum absolute atomic E-state index is 13.9. The zero-order chi connectivity index (χ0) is 24.2. The summed E-state index contributed by atoms with van der Waals surface area (Å²) < 4.78 is 44.0. The van der Waals surface area contributed by atoms with Gasteiger partial charge in [0.2, 0.25) is 0 Å². The van der Waals surface area contributed by atoms with Gasteiger partial charge in [-0.05, 0) is 48.5 Å². The number of ether oxygens (including phenoxy) is 1. The summed E-state index contributed by atoms with van der Waals surface area (Å²) >= 11 is -1.35. The molecule has 0 saturated carbocycles. The summed E-state index contributed by atoms with van der Waals surface area (Å²) in [5.41, 5.74) is 1.75. The standard InChI is InChI=1S/C24H18F2N4O3S/c1-33-21-7-3-14(19-9-10-27-24(30-19)34(2)32)11-17(21)23(31)15-4-8-22(28-13-15)29-20-6-5-16(25)12-18(20)26/h3-13H,1-2H3,(H,28,29). The van der Waals surface area contributed by atoms with Crippen molar-refractivity contribution >= 4 is 28.5 Å². The summed E-state index contributed by atoms with van der Waals surface area (Å²) in [5.74, 6) is -1.15. The minimum atomic E-state index is -1.35. The summed E-state index contributed by atoms with van der Waals surface area (Å²) in [4.78, 5) is 25.7. The average Bonchev–Trinajstić information content (AvgIpc) is 2.85. The van der Waals surface area contributed by atoms with E-state index in [4.69, 9.17) is 4.74 Å². The fourth-order valence-electron chi connectivity index (χ4n) is 3.17. The van der Waals surface area contributed by atoms with Gasteiger partial charge >= 0.3 is 5.16 Å². The Labute approximate surface area is 197 Å². The van der Waals surface area contributed by atoms with E-state index in [9.17, 15) is 18.1 Å². The number of ketones is 1. The Morgan fingerprint density at radius 3 is 2.56 bits per heavy atom. The zero-order valence-electron chi connectivity index (χ0n) is 18.1. The first-order valence-electron chi connectivity index (χ1n) is 9.93. The highest BCUT2D eigenvalue weighted by Crippen LogP contribution is 2.28. The Balaban J connectivity index is 1.62. The lowest BCUT2D eigenvalue weighted by atomic mass is 10.00. The molecule has 2 aromatic heterocycles. The Morgan fingerprint density at radius 2 is 1.88 bits per heavy atom. The van der Waals surface area contributed by atoms with Crippen molar-refractivity contribution in [2.45, 2.75) is 5.16 Å². The highest BCUT2D eigenvalue weighted by Gasteiger charge is 2.18. The van der Waals surface area contributed by atoms with Gasteiger partial charge in [0, 0.05) is 40.8 Å². The molecule has 1 unspecified atom stereocenters.